The maximum absolute atomic E-state index is 5.58. The molecule has 1 fully saturated rings. The van der Waals surface area contributed by atoms with E-state index in [1.54, 1.807) is 25.8 Å². The summed E-state index contributed by atoms with van der Waals surface area (Å²) in [5.41, 5.74) is 1.93. The molecule has 1 aromatic carbocycles. The zero-order valence-corrected chi connectivity index (χ0v) is 17.0. The highest BCUT2D eigenvalue weighted by Crippen LogP contribution is 2.32. The molecule has 2 aromatic heterocycles. The van der Waals surface area contributed by atoms with Crippen molar-refractivity contribution in [2.45, 2.75) is 0 Å². The van der Waals surface area contributed by atoms with Crippen molar-refractivity contribution < 1.29 is 9.47 Å². The molecule has 1 aliphatic rings. The summed E-state index contributed by atoms with van der Waals surface area (Å²) in [6.45, 7) is 3.25. The fourth-order valence-electron chi connectivity index (χ4n) is 2.91. The molecule has 1 saturated heterocycles. The largest absolute Gasteiger partial charge is 0.494 e. The van der Waals surface area contributed by atoms with Crippen molar-refractivity contribution in [3.8, 4) is 11.6 Å². The molecular weight excluding hydrogens is 459 g/mol. The third-order valence-corrected chi connectivity index (χ3v) is 5.04. The van der Waals surface area contributed by atoms with Gasteiger partial charge in [-0.3, -0.25) is 4.57 Å². The molecule has 0 atom stereocenters. The first-order chi connectivity index (χ1) is 13.2. The standard InChI is InChI=1S/C18H19IN6O2/c1-26-16-10-13(24-6-8-27-9-7-24)2-3-15(16)22-18-21-11-14(19)17(23-18)25-5-4-20-12-25/h2-5,10-12H,6-9H2,1H3,(H,21,22,23). The van der Waals surface area contributed by atoms with Gasteiger partial charge in [-0.25, -0.2) is 9.97 Å². The molecule has 27 heavy (non-hydrogen) atoms. The van der Waals surface area contributed by atoms with Gasteiger partial charge in [-0.2, -0.15) is 4.98 Å². The number of hydrogen-bond acceptors (Lipinski definition) is 7. The van der Waals surface area contributed by atoms with Crippen LogP contribution in [0.1, 0.15) is 0 Å². The lowest BCUT2D eigenvalue weighted by Crippen LogP contribution is -2.36. The zero-order valence-electron chi connectivity index (χ0n) is 14.8. The minimum atomic E-state index is 0.497. The maximum atomic E-state index is 5.58. The predicted molar refractivity (Wildman–Crippen MR) is 111 cm³/mol. The van der Waals surface area contributed by atoms with E-state index >= 15 is 0 Å². The van der Waals surface area contributed by atoms with E-state index in [4.69, 9.17) is 9.47 Å². The van der Waals surface area contributed by atoms with Gasteiger partial charge in [0, 0.05) is 43.4 Å². The van der Waals surface area contributed by atoms with Gasteiger partial charge in [0.05, 0.1) is 29.6 Å². The Kier molecular flexibility index (Phi) is 5.39. The molecule has 0 amide bonds. The number of hydrogen-bond donors (Lipinski definition) is 1. The summed E-state index contributed by atoms with van der Waals surface area (Å²) in [5, 5.41) is 3.26. The monoisotopic (exact) mass is 478 g/mol. The van der Waals surface area contributed by atoms with Gasteiger partial charge in [0.25, 0.3) is 0 Å². The first-order valence-corrected chi connectivity index (χ1v) is 9.61. The van der Waals surface area contributed by atoms with Crippen molar-refractivity contribution >= 4 is 39.9 Å². The zero-order chi connectivity index (χ0) is 18.6. The highest BCUT2D eigenvalue weighted by atomic mass is 127. The van der Waals surface area contributed by atoms with E-state index in [9.17, 15) is 0 Å². The van der Waals surface area contributed by atoms with Crippen LogP contribution >= 0.6 is 22.6 Å². The summed E-state index contributed by atoms with van der Waals surface area (Å²) in [7, 11) is 1.66. The van der Waals surface area contributed by atoms with Gasteiger partial charge in [-0.15, -0.1) is 0 Å². The van der Waals surface area contributed by atoms with Crippen LogP contribution in [0.4, 0.5) is 17.3 Å². The van der Waals surface area contributed by atoms with Crippen molar-refractivity contribution in [1.29, 1.82) is 0 Å². The number of ether oxygens (including phenoxy) is 2. The minimum absolute atomic E-state index is 0.497. The number of nitrogens with zero attached hydrogens (tertiary/aromatic N) is 5. The van der Waals surface area contributed by atoms with Gasteiger partial charge in [-0.1, -0.05) is 0 Å². The van der Waals surface area contributed by atoms with Crippen molar-refractivity contribution in [3.05, 3.63) is 46.7 Å². The van der Waals surface area contributed by atoms with Crippen LogP contribution in [0.3, 0.4) is 0 Å². The Balaban J connectivity index is 1.60. The van der Waals surface area contributed by atoms with Crippen molar-refractivity contribution in [3.63, 3.8) is 0 Å². The summed E-state index contributed by atoms with van der Waals surface area (Å²) < 4.78 is 13.8. The number of morpholine rings is 1. The van der Waals surface area contributed by atoms with Crippen LogP contribution in [0.5, 0.6) is 5.75 Å². The van der Waals surface area contributed by atoms with Crippen molar-refractivity contribution in [2.24, 2.45) is 0 Å². The van der Waals surface area contributed by atoms with Crippen LogP contribution in [0.2, 0.25) is 0 Å². The lowest BCUT2D eigenvalue weighted by molar-refractivity contribution is 0.122. The van der Waals surface area contributed by atoms with Gasteiger partial charge in [-0.05, 0) is 34.7 Å². The van der Waals surface area contributed by atoms with Crippen LogP contribution in [-0.4, -0.2) is 52.9 Å². The summed E-state index contributed by atoms with van der Waals surface area (Å²) in [6.07, 6.45) is 7.07. The van der Waals surface area contributed by atoms with E-state index in [1.165, 1.54) is 0 Å². The van der Waals surface area contributed by atoms with Crippen molar-refractivity contribution in [2.75, 3.05) is 43.6 Å². The molecule has 0 aliphatic carbocycles. The SMILES string of the molecule is COc1cc(N2CCOCC2)ccc1Nc1ncc(I)c(-n2ccnc2)n1. The first-order valence-electron chi connectivity index (χ1n) is 8.53. The van der Waals surface area contributed by atoms with Crippen LogP contribution in [0.15, 0.2) is 43.1 Å². The second-order valence-corrected chi connectivity index (χ2v) is 7.11. The average molecular weight is 478 g/mol. The van der Waals surface area contributed by atoms with E-state index in [-0.39, 0.29) is 0 Å². The molecule has 0 radical (unpaired) electrons. The summed E-state index contributed by atoms with van der Waals surface area (Å²) in [5.74, 6) is 2.01. The molecule has 8 nitrogen and oxygen atoms in total. The maximum Gasteiger partial charge on any atom is 0.229 e. The number of methoxy groups -OCH3 is 1. The quantitative estimate of drug-likeness (QED) is 0.566. The van der Waals surface area contributed by atoms with Crippen LogP contribution < -0.4 is 15.0 Å². The van der Waals surface area contributed by atoms with Gasteiger partial charge in [0.2, 0.25) is 5.95 Å². The lowest BCUT2D eigenvalue weighted by atomic mass is 10.2. The van der Waals surface area contributed by atoms with E-state index in [0.29, 0.717) is 5.95 Å². The Morgan fingerprint density at radius 1 is 1.26 bits per heavy atom. The number of nitrogens with one attached hydrogen (secondary N) is 1. The fourth-order valence-corrected chi connectivity index (χ4v) is 3.44. The first kappa shape index (κ1) is 18.0. The average Bonchev–Trinajstić information content (AvgIpc) is 3.25. The van der Waals surface area contributed by atoms with Crippen LogP contribution in [0.25, 0.3) is 5.82 Å². The summed E-state index contributed by atoms with van der Waals surface area (Å²) in [4.78, 5) is 15.4. The molecule has 3 aromatic rings. The molecule has 140 valence electrons. The Hall–Kier alpha value is -2.40. The second-order valence-electron chi connectivity index (χ2n) is 5.94. The Bertz CT molecular complexity index is 912. The predicted octanol–water partition coefficient (Wildman–Crippen LogP) is 2.86. The number of benzene rings is 1. The lowest BCUT2D eigenvalue weighted by Gasteiger charge is -2.29. The molecule has 3 heterocycles. The molecule has 0 bridgehead atoms. The number of rotatable bonds is 5. The molecular formula is C18H19IN6O2. The molecule has 0 unspecified atom stereocenters. The topological polar surface area (TPSA) is 77.3 Å². The normalized spacial score (nSPS) is 14.2. The van der Waals surface area contributed by atoms with Gasteiger partial charge < -0.3 is 19.7 Å². The van der Waals surface area contributed by atoms with Crippen LogP contribution in [0, 0.1) is 3.57 Å². The third-order valence-electron chi connectivity index (χ3n) is 4.28. The van der Waals surface area contributed by atoms with Crippen molar-refractivity contribution in [1.82, 2.24) is 19.5 Å². The van der Waals surface area contributed by atoms with E-state index in [2.05, 4.69) is 53.8 Å². The summed E-state index contributed by atoms with van der Waals surface area (Å²) >= 11 is 2.21. The van der Waals surface area contributed by atoms with Gasteiger partial charge in [0.1, 0.15) is 12.1 Å². The van der Waals surface area contributed by atoms with Crippen LogP contribution in [-0.2, 0) is 4.74 Å². The molecule has 4 rings (SSSR count). The molecule has 0 saturated carbocycles. The molecule has 1 aliphatic heterocycles. The minimum Gasteiger partial charge on any atom is -0.494 e. The van der Waals surface area contributed by atoms with Gasteiger partial charge >= 0.3 is 0 Å². The second kappa shape index (κ2) is 8.09. The third kappa shape index (κ3) is 3.98. The van der Waals surface area contributed by atoms with E-state index < -0.39 is 0 Å². The highest BCUT2D eigenvalue weighted by molar-refractivity contribution is 14.1. The fraction of sp³-hybridized carbons (Fsp3) is 0.278. The number of aromatic nitrogens is 4. The Morgan fingerprint density at radius 3 is 2.85 bits per heavy atom. The number of imidazole rings is 1. The number of halogens is 1. The molecule has 1 N–H and O–H groups in total. The highest BCUT2D eigenvalue weighted by Gasteiger charge is 2.15. The van der Waals surface area contributed by atoms with E-state index in [0.717, 1.165) is 52.8 Å². The Morgan fingerprint density at radius 2 is 2.11 bits per heavy atom. The van der Waals surface area contributed by atoms with E-state index in [1.807, 2.05) is 22.9 Å². The molecule has 9 heteroatoms. The smallest absolute Gasteiger partial charge is 0.229 e. The number of anilines is 3. The Labute approximate surface area is 170 Å². The van der Waals surface area contributed by atoms with Gasteiger partial charge in [0.15, 0.2) is 5.82 Å². The molecule has 0 spiro atoms. The summed E-state index contributed by atoms with van der Waals surface area (Å²) in [6, 6.07) is 6.08.